The number of nitrogens with two attached hydrogens (primary N) is 1. The topological polar surface area (TPSA) is 81.1 Å². The lowest BCUT2D eigenvalue weighted by atomic mass is 10.2. The van der Waals surface area contributed by atoms with Crippen molar-refractivity contribution in [1.29, 1.82) is 0 Å². The van der Waals surface area contributed by atoms with Crippen molar-refractivity contribution in [3.05, 3.63) is 35.9 Å². The molecule has 0 spiro atoms. The summed E-state index contributed by atoms with van der Waals surface area (Å²) in [5.74, 6) is 7.28. The second-order valence-corrected chi connectivity index (χ2v) is 5.89. The number of nitrogen functional groups attached to an aromatic ring is 1. The van der Waals surface area contributed by atoms with Gasteiger partial charge in [0.05, 0.1) is 0 Å². The number of hydrazone groups is 1. The normalized spacial score (nSPS) is 14.4. The number of hydrogen-bond donors (Lipinski definition) is 2. The Morgan fingerprint density at radius 3 is 2.71 bits per heavy atom. The number of aromatic nitrogens is 3. The molecule has 3 N–H and O–H groups in total. The molecule has 0 amide bonds. The Bertz CT molecular complexity index is 614. The van der Waals surface area contributed by atoms with Gasteiger partial charge in [-0.3, -0.25) is 0 Å². The summed E-state index contributed by atoms with van der Waals surface area (Å²) in [6.07, 6.45) is 4.55. The van der Waals surface area contributed by atoms with Gasteiger partial charge in [0, 0.05) is 11.5 Å². The molecule has 0 saturated heterocycles. The molecule has 0 aliphatic heterocycles. The standard InChI is InChI=1S/C14H18N6S/c15-20-13(17-16-12-8-4-5-9-12)18-19-14(20)21-10-11-6-2-1-3-7-11/h1-3,6-7H,4-5,8-10,15H2,(H,17,18). The Morgan fingerprint density at radius 2 is 1.95 bits per heavy atom. The molecule has 7 heteroatoms. The third-order valence-electron chi connectivity index (χ3n) is 3.37. The fourth-order valence-corrected chi connectivity index (χ4v) is 3.01. The molecule has 6 nitrogen and oxygen atoms in total. The van der Waals surface area contributed by atoms with Crippen LogP contribution in [0.5, 0.6) is 0 Å². The van der Waals surface area contributed by atoms with E-state index in [2.05, 4.69) is 32.9 Å². The zero-order valence-electron chi connectivity index (χ0n) is 11.7. The number of thioether (sulfide) groups is 1. The lowest BCUT2D eigenvalue weighted by Crippen LogP contribution is -2.13. The number of hydrogen-bond acceptors (Lipinski definition) is 6. The molecule has 3 rings (SSSR count). The van der Waals surface area contributed by atoms with E-state index in [9.17, 15) is 0 Å². The van der Waals surface area contributed by atoms with Crippen molar-refractivity contribution >= 4 is 23.4 Å². The summed E-state index contributed by atoms with van der Waals surface area (Å²) in [6, 6.07) is 10.2. The minimum atomic E-state index is 0.477. The maximum absolute atomic E-state index is 5.99. The quantitative estimate of drug-likeness (QED) is 0.504. The van der Waals surface area contributed by atoms with Crippen LogP contribution in [0.3, 0.4) is 0 Å². The highest BCUT2D eigenvalue weighted by Gasteiger charge is 2.11. The molecule has 1 aromatic heterocycles. The molecule has 1 aliphatic rings. The first-order valence-electron chi connectivity index (χ1n) is 7.01. The van der Waals surface area contributed by atoms with Crippen molar-refractivity contribution in [3.63, 3.8) is 0 Å². The van der Waals surface area contributed by atoms with Crippen molar-refractivity contribution in [2.45, 2.75) is 36.6 Å². The first-order chi connectivity index (χ1) is 10.3. The number of nitrogens with zero attached hydrogens (tertiary/aromatic N) is 4. The van der Waals surface area contributed by atoms with Gasteiger partial charge < -0.3 is 5.84 Å². The first kappa shape index (κ1) is 13.9. The molecule has 1 fully saturated rings. The predicted molar refractivity (Wildman–Crippen MR) is 85.7 cm³/mol. The van der Waals surface area contributed by atoms with E-state index in [1.165, 1.54) is 28.8 Å². The van der Waals surface area contributed by atoms with E-state index in [0.29, 0.717) is 11.1 Å². The van der Waals surface area contributed by atoms with Crippen LogP contribution in [-0.4, -0.2) is 20.6 Å². The smallest absolute Gasteiger partial charge is 0.264 e. The van der Waals surface area contributed by atoms with Crippen LogP contribution in [0.4, 0.5) is 5.95 Å². The second-order valence-electron chi connectivity index (χ2n) is 4.95. The van der Waals surface area contributed by atoms with E-state index in [-0.39, 0.29) is 0 Å². The van der Waals surface area contributed by atoms with Gasteiger partial charge in [0.25, 0.3) is 5.95 Å². The maximum atomic E-state index is 5.99. The van der Waals surface area contributed by atoms with E-state index in [0.717, 1.165) is 18.6 Å². The average Bonchev–Trinajstić information content (AvgIpc) is 3.15. The van der Waals surface area contributed by atoms with E-state index in [1.807, 2.05) is 18.2 Å². The lowest BCUT2D eigenvalue weighted by molar-refractivity contribution is 0.846. The van der Waals surface area contributed by atoms with E-state index in [4.69, 9.17) is 5.84 Å². The third-order valence-corrected chi connectivity index (χ3v) is 4.38. The third kappa shape index (κ3) is 3.55. The van der Waals surface area contributed by atoms with Crippen LogP contribution in [0, 0.1) is 0 Å². The van der Waals surface area contributed by atoms with E-state index >= 15 is 0 Å². The number of nitrogens with one attached hydrogen (secondary N) is 1. The summed E-state index contributed by atoms with van der Waals surface area (Å²) in [5, 5.41) is 13.1. The predicted octanol–water partition coefficient (Wildman–Crippen LogP) is 2.63. The zero-order valence-corrected chi connectivity index (χ0v) is 12.5. The van der Waals surface area contributed by atoms with Gasteiger partial charge in [-0.1, -0.05) is 42.1 Å². The average molecular weight is 302 g/mol. The van der Waals surface area contributed by atoms with E-state index in [1.54, 1.807) is 11.8 Å². The lowest BCUT2D eigenvalue weighted by Gasteiger charge is -2.03. The van der Waals surface area contributed by atoms with Crippen molar-refractivity contribution in [2.24, 2.45) is 5.10 Å². The van der Waals surface area contributed by atoms with Crippen LogP contribution in [0.2, 0.25) is 0 Å². The molecule has 1 aromatic carbocycles. The van der Waals surface area contributed by atoms with Crippen LogP contribution in [0.15, 0.2) is 40.6 Å². The molecular formula is C14H18N6S. The van der Waals surface area contributed by atoms with Gasteiger partial charge >= 0.3 is 0 Å². The van der Waals surface area contributed by atoms with Crippen LogP contribution >= 0.6 is 11.8 Å². The molecule has 110 valence electrons. The molecule has 0 unspecified atom stereocenters. The highest BCUT2D eigenvalue weighted by Crippen LogP contribution is 2.21. The molecular weight excluding hydrogens is 284 g/mol. The summed E-state index contributed by atoms with van der Waals surface area (Å²) >= 11 is 1.55. The van der Waals surface area contributed by atoms with Gasteiger partial charge in [-0.25, -0.2) is 10.1 Å². The van der Waals surface area contributed by atoms with Gasteiger partial charge in [-0.2, -0.15) is 5.10 Å². The highest BCUT2D eigenvalue weighted by molar-refractivity contribution is 7.98. The molecule has 0 atom stereocenters. The van der Waals surface area contributed by atoms with Gasteiger partial charge in [-0.15, -0.1) is 10.2 Å². The summed E-state index contributed by atoms with van der Waals surface area (Å²) < 4.78 is 1.45. The fraction of sp³-hybridized carbons (Fsp3) is 0.357. The molecule has 1 aliphatic carbocycles. The summed E-state index contributed by atoms with van der Waals surface area (Å²) in [6.45, 7) is 0. The SMILES string of the molecule is Nn1c(NN=C2CCCC2)nnc1SCc1ccccc1. The number of rotatable bonds is 5. The Kier molecular flexibility index (Phi) is 4.40. The minimum absolute atomic E-state index is 0.477. The summed E-state index contributed by atoms with van der Waals surface area (Å²) in [7, 11) is 0. The maximum Gasteiger partial charge on any atom is 0.264 e. The molecule has 0 radical (unpaired) electrons. The Morgan fingerprint density at radius 1 is 1.19 bits per heavy atom. The van der Waals surface area contributed by atoms with Crippen molar-refractivity contribution < 1.29 is 0 Å². The number of anilines is 1. The Balaban J connectivity index is 1.61. The van der Waals surface area contributed by atoms with Gasteiger partial charge in [0.2, 0.25) is 5.16 Å². The van der Waals surface area contributed by atoms with Gasteiger partial charge in [0.1, 0.15) is 0 Å². The van der Waals surface area contributed by atoms with Gasteiger partial charge in [-0.05, 0) is 31.2 Å². The van der Waals surface area contributed by atoms with Crippen molar-refractivity contribution in [1.82, 2.24) is 14.9 Å². The fourth-order valence-electron chi connectivity index (χ4n) is 2.20. The van der Waals surface area contributed by atoms with Crippen LogP contribution in [-0.2, 0) is 5.75 Å². The zero-order chi connectivity index (χ0) is 14.5. The Labute approximate surface area is 127 Å². The van der Waals surface area contributed by atoms with E-state index < -0.39 is 0 Å². The molecule has 1 saturated carbocycles. The van der Waals surface area contributed by atoms with Crippen LogP contribution in [0.25, 0.3) is 0 Å². The Hall–Kier alpha value is -2.02. The molecule has 2 aromatic rings. The molecule has 21 heavy (non-hydrogen) atoms. The molecule has 1 heterocycles. The van der Waals surface area contributed by atoms with Crippen LogP contribution < -0.4 is 11.3 Å². The monoisotopic (exact) mass is 302 g/mol. The number of benzene rings is 1. The highest BCUT2D eigenvalue weighted by atomic mass is 32.2. The first-order valence-corrected chi connectivity index (χ1v) is 8.00. The molecule has 0 bridgehead atoms. The van der Waals surface area contributed by atoms with Crippen LogP contribution in [0.1, 0.15) is 31.2 Å². The second kappa shape index (κ2) is 6.62. The van der Waals surface area contributed by atoms with Crippen molar-refractivity contribution in [2.75, 3.05) is 11.3 Å². The van der Waals surface area contributed by atoms with Gasteiger partial charge in [0.15, 0.2) is 0 Å². The largest absolute Gasteiger partial charge is 0.334 e. The summed E-state index contributed by atoms with van der Waals surface area (Å²) in [4.78, 5) is 0. The summed E-state index contributed by atoms with van der Waals surface area (Å²) in [5.41, 5.74) is 5.32. The minimum Gasteiger partial charge on any atom is -0.334 e. The van der Waals surface area contributed by atoms with Crippen molar-refractivity contribution in [3.8, 4) is 0 Å².